The van der Waals surface area contributed by atoms with Crippen LogP contribution in [0.2, 0.25) is 5.02 Å². The van der Waals surface area contributed by atoms with Gasteiger partial charge in [-0.25, -0.2) is 0 Å². The first kappa shape index (κ1) is 18.7. The lowest BCUT2D eigenvalue weighted by molar-refractivity contribution is 0.0941. The maximum Gasteiger partial charge on any atom is 0.251 e. The quantitative estimate of drug-likeness (QED) is 0.776. The summed E-state index contributed by atoms with van der Waals surface area (Å²) in [5, 5.41) is 13.1. The first-order valence-corrected chi connectivity index (χ1v) is 9.34. The molecule has 1 aliphatic rings. The molecule has 138 valence electrons. The number of rotatable bonds is 7. The second kappa shape index (κ2) is 8.11. The first-order chi connectivity index (χ1) is 12.4. The molecule has 0 bridgehead atoms. The van der Waals surface area contributed by atoms with Gasteiger partial charge >= 0.3 is 0 Å². The lowest BCUT2D eigenvalue weighted by atomic mass is 10.0. The maximum absolute atomic E-state index is 12.4. The summed E-state index contributed by atoms with van der Waals surface area (Å²) in [5.41, 5.74) is 2.97. The van der Waals surface area contributed by atoms with Crippen molar-refractivity contribution >= 4 is 17.5 Å². The van der Waals surface area contributed by atoms with Gasteiger partial charge < -0.3 is 15.3 Å². The van der Waals surface area contributed by atoms with Gasteiger partial charge in [0, 0.05) is 23.2 Å². The average Bonchev–Trinajstić information content (AvgIpc) is 3.45. The highest BCUT2D eigenvalue weighted by atomic mass is 35.5. The largest absolute Gasteiger partial charge is 0.508 e. The minimum atomic E-state index is -0.0593. The van der Waals surface area contributed by atoms with Crippen LogP contribution in [0.3, 0.4) is 0 Å². The van der Waals surface area contributed by atoms with E-state index in [1.54, 1.807) is 12.1 Å². The second-order valence-electron chi connectivity index (χ2n) is 7.20. The van der Waals surface area contributed by atoms with E-state index >= 15 is 0 Å². The monoisotopic (exact) mass is 372 g/mol. The molecule has 2 aromatic rings. The molecule has 2 aromatic carbocycles. The van der Waals surface area contributed by atoms with Gasteiger partial charge in [0.1, 0.15) is 5.75 Å². The molecular formula is C21H25ClN2O2. The Kier molecular flexibility index (Phi) is 5.84. The summed E-state index contributed by atoms with van der Waals surface area (Å²) in [7, 11) is 3.96. The summed E-state index contributed by atoms with van der Waals surface area (Å²) in [6.45, 7) is 0.521. The Morgan fingerprint density at radius 1 is 1.23 bits per heavy atom. The number of hydrogen-bond acceptors (Lipinski definition) is 3. The van der Waals surface area contributed by atoms with Crippen molar-refractivity contribution in [2.24, 2.45) is 0 Å². The Morgan fingerprint density at radius 2 is 1.92 bits per heavy atom. The average molecular weight is 373 g/mol. The van der Waals surface area contributed by atoms with Crippen molar-refractivity contribution in [2.75, 3.05) is 20.6 Å². The zero-order chi connectivity index (χ0) is 18.7. The number of phenols is 1. The number of halogens is 1. The highest BCUT2D eigenvalue weighted by Crippen LogP contribution is 2.39. The zero-order valence-electron chi connectivity index (χ0n) is 15.2. The Balaban J connectivity index is 1.59. The van der Waals surface area contributed by atoms with E-state index < -0.39 is 0 Å². The van der Waals surface area contributed by atoms with Gasteiger partial charge in [0.05, 0.1) is 0 Å². The topological polar surface area (TPSA) is 52.6 Å². The molecule has 5 heteroatoms. The standard InChI is InChI=1S/C21H25ClN2O2/c1-24(2)18(11-17-9-10-19(25)12-20(17)22)13-23-21(26)16-7-5-15(6-8-16)14-3-4-14/h5-10,12,14,18,25H,3-4,11,13H2,1-2H3,(H,23,26). The van der Waals surface area contributed by atoms with Crippen molar-refractivity contribution in [3.8, 4) is 5.75 Å². The third-order valence-electron chi connectivity index (χ3n) is 4.94. The van der Waals surface area contributed by atoms with Crippen LogP contribution in [0.1, 0.15) is 40.2 Å². The van der Waals surface area contributed by atoms with Gasteiger partial charge in [-0.05, 0) is 74.7 Å². The summed E-state index contributed by atoms with van der Waals surface area (Å²) in [6.07, 6.45) is 3.21. The Morgan fingerprint density at radius 3 is 2.50 bits per heavy atom. The Hall–Kier alpha value is -2.04. The third-order valence-corrected chi connectivity index (χ3v) is 5.29. The van der Waals surface area contributed by atoms with E-state index in [1.165, 1.54) is 18.4 Å². The number of benzene rings is 2. The third kappa shape index (κ3) is 4.77. The second-order valence-corrected chi connectivity index (χ2v) is 7.61. The number of carbonyl (C=O) groups is 1. The van der Waals surface area contributed by atoms with Crippen molar-refractivity contribution in [3.63, 3.8) is 0 Å². The van der Waals surface area contributed by atoms with Crippen LogP contribution in [0.5, 0.6) is 5.75 Å². The van der Waals surface area contributed by atoms with E-state index in [0.717, 1.165) is 5.56 Å². The number of likely N-dealkylation sites (N-methyl/N-ethyl adjacent to an activating group) is 1. The van der Waals surface area contributed by atoms with Gasteiger partial charge in [0.15, 0.2) is 0 Å². The van der Waals surface area contributed by atoms with Gasteiger partial charge in [-0.3, -0.25) is 4.79 Å². The molecule has 1 amide bonds. The van der Waals surface area contributed by atoms with E-state index in [2.05, 4.69) is 22.3 Å². The van der Waals surface area contributed by atoms with Crippen molar-refractivity contribution in [3.05, 3.63) is 64.2 Å². The molecule has 1 saturated carbocycles. The molecule has 1 unspecified atom stereocenters. The lowest BCUT2D eigenvalue weighted by Gasteiger charge is -2.25. The minimum Gasteiger partial charge on any atom is -0.508 e. The minimum absolute atomic E-state index is 0.0593. The van der Waals surface area contributed by atoms with Crippen LogP contribution >= 0.6 is 11.6 Å². The number of amides is 1. The van der Waals surface area contributed by atoms with Gasteiger partial charge in [-0.1, -0.05) is 29.8 Å². The lowest BCUT2D eigenvalue weighted by Crippen LogP contribution is -2.41. The summed E-state index contributed by atoms with van der Waals surface area (Å²) in [5.74, 6) is 0.791. The number of hydrogen-bond donors (Lipinski definition) is 2. The summed E-state index contributed by atoms with van der Waals surface area (Å²) < 4.78 is 0. The predicted molar refractivity (Wildman–Crippen MR) is 105 cm³/mol. The number of nitrogens with zero attached hydrogens (tertiary/aromatic N) is 1. The van der Waals surface area contributed by atoms with Gasteiger partial charge in [0.25, 0.3) is 5.91 Å². The summed E-state index contributed by atoms with van der Waals surface area (Å²) in [6, 6.07) is 13.0. The van der Waals surface area contributed by atoms with Crippen LogP contribution in [0.4, 0.5) is 0 Å². The number of nitrogens with one attached hydrogen (secondary N) is 1. The molecule has 1 aliphatic carbocycles. The van der Waals surface area contributed by atoms with Crippen molar-refractivity contribution in [1.82, 2.24) is 10.2 Å². The summed E-state index contributed by atoms with van der Waals surface area (Å²) in [4.78, 5) is 14.5. The molecule has 1 atom stereocenters. The molecule has 2 N–H and O–H groups in total. The van der Waals surface area contributed by atoms with Crippen molar-refractivity contribution in [2.45, 2.75) is 31.2 Å². The number of phenolic OH excluding ortho intramolecular Hbond substituents is 1. The SMILES string of the molecule is CN(C)C(CNC(=O)c1ccc(C2CC2)cc1)Cc1ccc(O)cc1Cl. The van der Waals surface area contributed by atoms with Crippen LogP contribution < -0.4 is 5.32 Å². The molecule has 0 radical (unpaired) electrons. The van der Waals surface area contributed by atoms with Crippen LogP contribution in [-0.4, -0.2) is 42.6 Å². The number of carbonyl (C=O) groups excluding carboxylic acids is 1. The smallest absolute Gasteiger partial charge is 0.251 e. The van der Waals surface area contributed by atoms with Crippen LogP contribution in [0.15, 0.2) is 42.5 Å². The van der Waals surface area contributed by atoms with Crippen molar-refractivity contribution < 1.29 is 9.90 Å². The fourth-order valence-electron chi connectivity index (χ4n) is 3.03. The number of aromatic hydroxyl groups is 1. The highest BCUT2D eigenvalue weighted by molar-refractivity contribution is 6.31. The van der Waals surface area contributed by atoms with Crippen LogP contribution in [-0.2, 0) is 6.42 Å². The predicted octanol–water partition coefficient (Wildman–Crippen LogP) is 3.83. The Bertz CT molecular complexity index is 770. The van der Waals surface area contributed by atoms with E-state index in [-0.39, 0.29) is 17.7 Å². The van der Waals surface area contributed by atoms with E-state index in [0.29, 0.717) is 29.5 Å². The van der Waals surface area contributed by atoms with Crippen LogP contribution in [0, 0.1) is 0 Å². The van der Waals surface area contributed by atoms with Gasteiger partial charge in [-0.2, -0.15) is 0 Å². The molecule has 0 aliphatic heterocycles. The molecule has 0 spiro atoms. The fourth-order valence-corrected chi connectivity index (χ4v) is 3.28. The molecular weight excluding hydrogens is 348 g/mol. The maximum atomic E-state index is 12.4. The molecule has 0 aromatic heterocycles. The normalized spacial score (nSPS) is 15.1. The van der Waals surface area contributed by atoms with E-state index in [9.17, 15) is 9.90 Å². The van der Waals surface area contributed by atoms with E-state index in [4.69, 9.17) is 11.6 Å². The van der Waals surface area contributed by atoms with Gasteiger partial charge in [0.2, 0.25) is 0 Å². The van der Waals surface area contributed by atoms with Crippen molar-refractivity contribution in [1.29, 1.82) is 0 Å². The van der Waals surface area contributed by atoms with Gasteiger partial charge in [-0.15, -0.1) is 0 Å². The first-order valence-electron chi connectivity index (χ1n) is 8.96. The molecule has 26 heavy (non-hydrogen) atoms. The molecule has 1 fully saturated rings. The zero-order valence-corrected chi connectivity index (χ0v) is 16.0. The van der Waals surface area contributed by atoms with E-state index in [1.807, 2.05) is 32.3 Å². The molecule has 0 heterocycles. The Labute approximate surface area is 159 Å². The molecule has 0 saturated heterocycles. The summed E-state index contributed by atoms with van der Waals surface area (Å²) >= 11 is 6.22. The highest BCUT2D eigenvalue weighted by Gasteiger charge is 2.23. The fraction of sp³-hybridized carbons (Fsp3) is 0.381. The van der Waals surface area contributed by atoms with Crippen LogP contribution in [0.25, 0.3) is 0 Å². The molecule has 4 nitrogen and oxygen atoms in total. The molecule has 3 rings (SSSR count).